The summed E-state index contributed by atoms with van der Waals surface area (Å²) < 4.78 is 0. The van der Waals surface area contributed by atoms with Crippen LogP contribution in [0.1, 0.15) is 38.2 Å². The van der Waals surface area contributed by atoms with Crippen LogP contribution < -0.4 is 15.9 Å². The quantitative estimate of drug-likeness (QED) is 0.534. The van der Waals surface area contributed by atoms with Crippen molar-refractivity contribution in [1.82, 2.24) is 0 Å². The monoisotopic (exact) mass is 332 g/mol. The Kier molecular flexibility index (Phi) is 5.83. The van der Waals surface area contributed by atoms with Gasteiger partial charge in [0.05, 0.1) is 0 Å². The number of hydrogen-bond donors (Lipinski definition) is 0. The predicted molar refractivity (Wildman–Crippen MR) is 108 cm³/mol. The molecule has 3 aromatic carbocycles. The highest BCUT2D eigenvalue weighted by Gasteiger charge is 2.16. The van der Waals surface area contributed by atoms with Crippen LogP contribution in [0, 0.1) is 0 Å². The van der Waals surface area contributed by atoms with Crippen molar-refractivity contribution in [3.8, 4) is 0 Å². The van der Waals surface area contributed by atoms with Crippen molar-refractivity contribution < 1.29 is 0 Å². The van der Waals surface area contributed by atoms with Gasteiger partial charge in [-0.1, -0.05) is 98.8 Å². The third-order valence-electron chi connectivity index (χ3n) is 4.64. The maximum absolute atomic E-state index is 2.35. The van der Waals surface area contributed by atoms with E-state index in [1.165, 1.54) is 34.3 Å². The first-order valence-corrected chi connectivity index (χ1v) is 10.2. The zero-order valence-electron chi connectivity index (χ0n) is 14.5. The largest absolute Gasteiger partial charge is 0.0648 e. The van der Waals surface area contributed by atoms with Gasteiger partial charge in [0.25, 0.3) is 0 Å². The van der Waals surface area contributed by atoms with E-state index in [0.29, 0.717) is 5.92 Å². The van der Waals surface area contributed by atoms with E-state index >= 15 is 0 Å². The Morgan fingerprint density at radius 3 is 1.42 bits per heavy atom. The minimum absolute atomic E-state index is 0.486. The highest BCUT2D eigenvalue weighted by Crippen LogP contribution is 2.33. The van der Waals surface area contributed by atoms with Gasteiger partial charge in [0, 0.05) is 0 Å². The van der Waals surface area contributed by atoms with E-state index in [4.69, 9.17) is 0 Å². The van der Waals surface area contributed by atoms with Gasteiger partial charge >= 0.3 is 0 Å². The van der Waals surface area contributed by atoms with Gasteiger partial charge in [0.2, 0.25) is 0 Å². The minimum atomic E-state index is -0.486. The van der Waals surface area contributed by atoms with Crippen LogP contribution in [0.5, 0.6) is 0 Å². The normalized spacial score (nSPS) is 11.2. The fraction of sp³-hybridized carbons (Fsp3) is 0.217. The van der Waals surface area contributed by atoms with Gasteiger partial charge in [-0.15, -0.1) is 0 Å². The van der Waals surface area contributed by atoms with E-state index in [-0.39, 0.29) is 0 Å². The molecule has 0 saturated carbocycles. The molecule has 0 heterocycles. The van der Waals surface area contributed by atoms with Crippen LogP contribution in [0.3, 0.4) is 0 Å². The van der Waals surface area contributed by atoms with Gasteiger partial charge in [-0.25, -0.2) is 0 Å². The van der Waals surface area contributed by atoms with Crippen LogP contribution in [-0.2, 0) is 0 Å². The minimum Gasteiger partial charge on any atom is -0.0648 e. The summed E-state index contributed by atoms with van der Waals surface area (Å²) in [6.45, 7) is 4.56. The molecule has 0 spiro atoms. The first-order chi connectivity index (χ1) is 11.8. The molecule has 0 unspecified atom stereocenters. The summed E-state index contributed by atoms with van der Waals surface area (Å²) >= 11 is 0. The molecular weight excluding hydrogens is 307 g/mol. The Morgan fingerprint density at radius 2 is 1.00 bits per heavy atom. The highest BCUT2D eigenvalue weighted by atomic mass is 31.1. The molecular formula is C23H25P. The van der Waals surface area contributed by atoms with Crippen molar-refractivity contribution >= 4 is 23.8 Å². The molecule has 3 aromatic rings. The topological polar surface area (TPSA) is 0 Å². The molecule has 0 N–H and O–H groups in total. The molecule has 3 rings (SSSR count). The molecule has 0 radical (unpaired) electrons. The van der Waals surface area contributed by atoms with Gasteiger partial charge in [-0.2, -0.15) is 0 Å². The van der Waals surface area contributed by atoms with E-state index in [0.717, 1.165) is 0 Å². The van der Waals surface area contributed by atoms with E-state index in [1.807, 2.05) is 0 Å². The number of benzene rings is 3. The SMILES string of the molecule is CCC(CC)c1ccc(P(c2ccccc2)c2ccccc2)cc1. The maximum Gasteiger partial charge on any atom is -0.0134 e. The van der Waals surface area contributed by atoms with Crippen LogP contribution >= 0.6 is 7.92 Å². The lowest BCUT2D eigenvalue weighted by Crippen LogP contribution is -2.20. The molecule has 0 amide bonds. The Morgan fingerprint density at radius 1 is 0.583 bits per heavy atom. The van der Waals surface area contributed by atoms with Gasteiger partial charge in [-0.3, -0.25) is 0 Å². The molecule has 0 atom stereocenters. The Hall–Kier alpha value is -1.91. The summed E-state index contributed by atoms with van der Waals surface area (Å²) in [4.78, 5) is 0. The first-order valence-electron chi connectivity index (χ1n) is 8.83. The summed E-state index contributed by atoms with van der Waals surface area (Å²) in [5, 5.41) is 4.25. The maximum atomic E-state index is 2.35. The summed E-state index contributed by atoms with van der Waals surface area (Å²) in [5.41, 5.74) is 1.47. The van der Waals surface area contributed by atoms with E-state index in [9.17, 15) is 0 Å². The van der Waals surface area contributed by atoms with Crippen LogP contribution in [0.4, 0.5) is 0 Å². The zero-order chi connectivity index (χ0) is 16.8. The Bertz CT molecular complexity index is 689. The molecule has 0 nitrogen and oxygen atoms in total. The lowest BCUT2D eigenvalue weighted by molar-refractivity contribution is 0.642. The molecule has 0 aliphatic carbocycles. The second-order valence-electron chi connectivity index (χ2n) is 6.11. The lowest BCUT2D eigenvalue weighted by atomic mass is 9.94. The predicted octanol–water partition coefficient (Wildman–Crippen LogP) is 5.35. The summed E-state index contributed by atoms with van der Waals surface area (Å²) in [6.07, 6.45) is 2.42. The molecule has 0 aromatic heterocycles. The third kappa shape index (κ3) is 3.77. The first kappa shape index (κ1) is 16.9. The highest BCUT2D eigenvalue weighted by molar-refractivity contribution is 7.79. The van der Waals surface area contributed by atoms with Gasteiger partial charge in [0.15, 0.2) is 0 Å². The average molecular weight is 332 g/mol. The number of rotatable bonds is 6. The third-order valence-corrected chi connectivity index (χ3v) is 7.08. The Balaban J connectivity index is 2.00. The van der Waals surface area contributed by atoms with Gasteiger partial charge < -0.3 is 0 Å². The Labute approximate surface area is 147 Å². The zero-order valence-corrected chi connectivity index (χ0v) is 15.4. The smallest absolute Gasteiger partial charge is 0.0134 e. The molecule has 0 aliphatic heterocycles. The van der Waals surface area contributed by atoms with Crippen molar-refractivity contribution in [2.45, 2.75) is 32.6 Å². The van der Waals surface area contributed by atoms with Crippen molar-refractivity contribution in [2.24, 2.45) is 0 Å². The van der Waals surface area contributed by atoms with Crippen molar-refractivity contribution in [2.75, 3.05) is 0 Å². The van der Waals surface area contributed by atoms with Crippen LogP contribution in [0.15, 0.2) is 84.9 Å². The van der Waals surface area contributed by atoms with E-state index in [1.54, 1.807) is 0 Å². The standard InChI is InChI=1S/C23H25P/c1-3-19(4-2)20-15-17-23(18-16-20)24(21-11-7-5-8-12-21)22-13-9-6-10-14-22/h5-19H,3-4H2,1-2H3. The van der Waals surface area contributed by atoms with Crippen molar-refractivity contribution in [3.05, 3.63) is 90.5 Å². The molecule has 0 aliphatic rings. The second kappa shape index (κ2) is 8.27. The summed E-state index contributed by atoms with van der Waals surface area (Å²) in [7, 11) is -0.486. The van der Waals surface area contributed by atoms with Gasteiger partial charge in [0.1, 0.15) is 0 Å². The second-order valence-corrected chi connectivity index (χ2v) is 8.33. The summed E-state index contributed by atoms with van der Waals surface area (Å²) in [6, 6.07) is 31.2. The summed E-state index contributed by atoms with van der Waals surface area (Å²) in [5.74, 6) is 0.679. The molecule has 122 valence electrons. The van der Waals surface area contributed by atoms with Crippen LogP contribution in [-0.4, -0.2) is 0 Å². The lowest BCUT2D eigenvalue weighted by Gasteiger charge is -2.20. The molecule has 1 heteroatoms. The molecule has 24 heavy (non-hydrogen) atoms. The van der Waals surface area contributed by atoms with Crippen LogP contribution in [0.25, 0.3) is 0 Å². The molecule has 0 bridgehead atoms. The van der Waals surface area contributed by atoms with Crippen molar-refractivity contribution in [3.63, 3.8) is 0 Å². The average Bonchev–Trinajstić information content (AvgIpc) is 2.66. The van der Waals surface area contributed by atoms with E-state index in [2.05, 4.69) is 98.8 Å². The van der Waals surface area contributed by atoms with Crippen LogP contribution in [0.2, 0.25) is 0 Å². The molecule has 0 saturated heterocycles. The fourth-order valence-electron chi connectivity index (χ4n) is 3.26. The van der Waals surface area contributed by atoms with E-state index < -0.39 is 7.92 Å². The molecule has 0 fully saturated rings. The van der Waals surface area contributed by atoms with Crippen molar-refractivity contribution in [1.29, 1.82) is 0 Å². The fourth-order valence-corrected chi connectivity index (χ4v) is 5.54. The number of hydrogen-bond acceptors (Lipinski definition) is 0. The van der Waals surface area contributed by atoms with Gasteiger partial charge in [-0.05, 0) is 48.2 Å².